The first-order valence-corrected chi connectivity index (χ1v) is 10.5. The Hall–Kier alpha value is -2.60. The van der Waals surface area contributed by atoms with Crippen LogP contribution in [0.3, 0.4) is 0 Å². The zero-order valence-electron chi connectivity index (χ0n) is 18.8. The Labute approximate surface area is 187 Å². The number of nitrogens with one attached hydrogen (secondary N) is 1. The maximum Gasteiger partial charge on any atom is 0.408 e. The van der Waals surface area contributed by atoms with Crippen molar-refractivity contribution in [2.24, 2.45) is 0 Å². The van der Waals surface area contributed by atoms with E-state index in [2.05, 4.69) is 5.32 Å². The summed E-state index contributed by atoms with van der Waals surface area (Å²) >= 11 is 6.41. The standard InChI is InChI=1S/C24H29ClFNO4/c1-7-30-20(28)13-19(27-23(29)31-24(4,5)6)17-12-16(11-15(3)22(17)26)21-14(2)9-8-10-18(21)25/h8-12,19H,7,13H2,1-6H3,(H,27,29). The van der Waals surface area contributed by atoms with Crippen LogP contribution in [-0.2, 0) is 14.3 Å². The molecule has 168 valence electrons. The number of alkyl carbamates (subject to hydrolysis) is 1. The zero-order chi connectivity index (χ0) is 23.3. The molecular weight excluding hydrogens is 421 g/mol. The Balaban J connectivity index is 2.54. The lowest BCUT2D eigenvalue weighted by atomic mass is 9.93. The second kappa shape index (κ2) is 10.1. The van der Waals surface area contributed by atoms with E-state index in [0.29, 0.717) is 16.1 Å². The first-order chi connectivity index (χ1) is 14.4. The molecule has 0 radical (unpaired) electrons. The average Bonchev–Trinajstić information content (AvgIpc) is 2.62. The minimum Gasteiger partial charge on any atom is -0.466 e. The summed E-state index contributed by atoms with van der Waals surface area (Å²) in [5.74, 6) is -1.07. The maximum absolute atomic E-state index is 15.2. The van der Waals surface area contributed by atoms with Crippen molar-refractivity contribution in [2.45, 2.75) is 59.6 Å². The van der Waals surface area contributed by atoms with E-state index in [4.69, 9.17) is 21.1 Å². The van der Waals surface area contributed by atoms with Gasteiger partial charge in [-0.25, -0.2) is 9.18 Å². The van der Waals surface area contributed by atoms with Crippen molar-refractivity contribution < 1.29 is 23.5 Å². The van der Waals surface area contributed by atoms with Gasteiger partial charge in [0.1, 0.15) is 11.4 Å². The molecule has 31 heavy (non-hydrogen) atoms. The molecule has 0 aliphatic carbocycles. The highest BCUT2D eigenvalue weighted by Crippen LogP contribution is 2.35. The van der Waals surface area contributed by atoms with E-state index in [0.717, 1.165) is 11.1 Å². The van der Waals surface area contributed by atoms with E-state index in [-0.39, 0.29) is 18.6 Å². The van der Waals surface area contributed by atoms with Gasteiger partial charge >= 0.3 is 12.1 Å². The second-order valence-electron chi connectivity index (χ2n) is 8.34. The van der Waals surface area contributed by atoms with Gasteiger partial charge in [0.05, 0.1) is 19.1 Å². The number of hydrogen-bond donors (Lipinski definition) is 1. The fourth-order valence-electron chi connectivity index (χ4n) is 3.27. The summed E-state index contributed by atoms with van der Waals surface area (Å²) in [5.41, 5.74) is 2.16. The van der Waals surface area contributed by atoms with Crippen LogP contribution in [0.4, 0.5) is 9.18 Å². The lowest BCUT2D eigenvalue weighted by Crippen LogP contribution is -2.36. The number of ether oxygens (including phenoxy) is 2. The highest BCUT2D eigenvalue weighted by atomic mass is 35.5. The summed E-state index contributed by atoms with van der Waals surface area (Å²) in [6.45, 7) is 10.6. The van der Waals surface area contributed by atoms with Gasteiger partial charge in [0, 0.05) is 16.1 Å². The number of carbonyl (C=O) groups is 2. The second-order valence-corrected chi connectivity index (χ2v) is 8.74. The number of benzene rings is 2. The average molecular weight is 450 g/mol. The predicted octanol–water partition coefficient (Wildman–Crippen LogP) is 6.28. The largest absolute Gasteiger partial charge is 0.466 e. The quantitative estimate of drug-likeness (QED) is 0.527. The number of hydrogen-bond acceptors (Lipinski definition) is 4. The summed E-state index contributed by atoms with van der Waals surface area (Å²) in [4.78, 5) is 24.6. The number of carbonyl (C=O) groups excluding carboxylic acids is 2. The van der Waals surface area contributed by atoms with E-state index < -0.39 is 29.5 Å². The van der Waals surface area contributed by atoms with Gasteiger partial charge in [-0.3, -0.25) is 4.79 Å². The molecule has 0 aliphatic rings. The lowest BCUT2D eigenvalue weighted by molar-refractivity contribution is -0.143. The smallest absolute Gasteiger partial charge is 0.408 e. The van der Waals surface area contributed by atoms with Crippen molar-refractivity contribution in [3.8, 4) is 11.1 Å². The van der Waals surface area contributed by atoms with Crippen LogP contribution in [0.25, 0.3) is 11.1 Å². The van der Waals surface area contributed by atoms with E-state index in [9.17, 15) is 9.59 Å². The van der Waals surface area contributed by atoms with Crippen LogP contribution in [0.5, 0.6) is 0 Å². The molecule has 0 saturated heterocycles. The number of amides is 1. The number of halogens is 2. The minimum absolute atomic E-state index is 0.160. The van der Waals surface area contributed by atoms with Gasteiger partial charge in [-0.15, -0.1) is 0 Å². The lowest BCUT2D eigenvalue weighted by Gasteiger charge is -2.24. The Morgan fingerprint density at radius 1 is 1.16 bits per heavy atom. The molecule has 0 fully saturated rings. The molecule has 0 spiro atoms. The molecule has 2 aromatic carbocycles. The third-order valence-corrected chi connectivity index (χ3v) is 4.85. The first kappa shape index (κ1) is 24.7. The third kappa shape index (κ3) is 6.69. The zero-order valence-corrected chi connectivity index (χ0v) is 19.5. The fourth-order valence-corrected chi connectivity index (χ4v) is 3.60. The molecule has 2 aromatic rings. The molecule has 0 aromatic heterocycles. The summed E-state index contributed by atoms with van der Waals surface area (Å²) < 4.78 is 25.5. The summed E-state index contributed by atoms with van der Waals surface area (Å²) in [7, 11) is 0. The molecule has 5 nitrogen and oxygen atoms in total. The van der Waals surface area contributed by atoms with Gasteiger partial charge in [0.15, 0.2) is 0 Å². The van der Waals surface area contributed by atoms with Gasteiger partial charge < -0.3 is 14.8 Å². The Morgan fingerprint density at radius 3 is 2.42 bits per heavy atom. The van der Waals surface area contributed by atoms with Crippen LogP contribution in [0.1, 0.15) is 56.8 Å². The maximum atomic E-state index is 15.2. The molecular formula is C24H29ClFNO4. The van der Waals surface area contributed by atoms with Crippen LogP contribution >= 0.6 is 11.6 Å². The Bertz CT molecular complexity index is 949. The molecule has 1 atom stereocenters. The first-order valence-electron chi connectivity index (χ1n) is 10.1. The summed E-state index contributed by atoms with van der Waals surface area (Å²) in [5, 5.41) is 3.15. The van der Waals surface area contributed by atoms with Crippen molar-refractivity contribution in [2.75, 3.05) is 6.61 Å². The molecule has 2 rings (SSSR count). The molecule has 0 heterocycles. The molecule has 0 aliphatic heterocycles. The van der Waals surface area contributed by atoms with Gasteiger partial charge in [-0.2, -0.15) is 0 Å². The van der Waals surface area contributed by atoms with Gasteiger partial charge in [-0.1, -0.05) is 23.7 Å². The number of rotatable bonds is 6. The van der Waals surface area contributed by atoms with Crippen molar-refractivity contribution in [3.63, 3.8) is 0 Å². The van der Waals surface area contributed by atoms with E-state index in [1.165, 1.54) is 0 Å². The Kier molecular flexibility index (Phi) is 8.07. The van der Waals surface area contributed by atoms with E-state index in [1.807, 2.05) is 19.1 Å². The Morgan fingerprint density at radius 2 is 1.84 bits per heavy atom. The van der Waals surface area contributed by atoms with Crippen LogP contribution in [0.2, 0.25) is 5.02 Å². The SMILES string of the molecule is CCOC(=O)CC(NC(=O)OC(C)(C)C)c1cc(-c2c(C)cccc2Cl)cc(C)c1F. The molecule has 0 saturated carbocycles. The number of aryl methyl sites for hydroxylation is 2. The van der Waals surface area contributed by atoms with E-state index in [1.54, 1.807) is 52.8 Å². The summed E-state index contributed by atoms with van der Waals surface area (Å²) in [6.07, 6.45) is -0.993. The highest BCUT2D eigenvalue weighted by Gasteiger charge is 2.27. The fraction of sp³-hybridized carbons (Fsp3) is 0.417. The molecule has 1 unspecified atom stereocenters. The number of esters is 1. The van der Waals surface area contributed by atoms with Gasteiger partial charge in [0.2, 0.25) is 0 Å². The molecule has 1 N–H and O–H groups in total. The van der Waals surface area contributed by atoms with Crippen molar-refractivity contribution in [3.05, 3.63) is 57.9 Å². The monoisotopic (exact) mass is 449 g/mol. The topological polar surface area (TPSA) is 64.6 Å². The molecule has 0 bridgehead atoms. The highest BCUT2D eigenvalue weighted by molar-refractivity contribution is 6.33. The predicted molar refractivity (Wildman–Crippen MR) is 120 cm³/mol. The molecule has 1 amide bonds. The molecule has 7 heteroatoms. The van der Waals surface area contributed by atoms with Crippen molar-refractivity contribution in [1.82, 2.24) is 5.32 Å². The van der Waals surface area contributed by atoms with E-state index >= 15 is 4.39 Å². The van der Waals surface area contributed by atoms with Gasteiger partial charge in [0.25, 0.3) is 0 Å². The van der Waals surface area contributed by atoms with Gasteiger partial charge in [-0.05, 0) is 76.4 Å². The van der Waals surface area contributed by atoms with Crippen LogP contribution in [0.15, 0.2) is 30.3 Å². The minimum atomic E-state index is -0.977. The third-order valence-electron chi connectivity index (χ3n) is 4.54. The van der Waals surface area contributed by atoms with Crippen molar-refractivity contribution in [1.29, 1.82) is 0 Å². The van der Waals surface area contributed by atoms with Crippen LogP contribution in [0, 0.1) is 19.7 Å². The summed E-state index contributed by atoms with van der Waals surface area (Å²) in [6, 6.07) is 7.84. The van der Waals surface area contributed by atoms with Crippen LogP contribution in [-0.4, -0.2) is 24.3 Å². The normalized spacial score (nSPS) is 12.3. The van der Waals surface area contributed by atoms with Crippen molar-refractivity contribution >= 4 is 23.7 Å². The van der Waals surface area contributed by atoms with Crippen LogP contribution < -0.4 is 5.32 Å².